The fourth-order valence-corrected chi connectivity index (χ4v) is 4.36. The molecule has 30 heavy (non-hydrogen) atoms. The van der Waals surface area contributed by atoms with Gasteiger partial charge in [0.25, 0.3) is 0 Å². The fraction of sp³-hybridized carbons (Fsp3) is 0.360. The van der Waals surface area contributed by atoms with Crippen molar-refractivity contribution in [2.45, 2.75) is 58.6 Å². The zero-order valence-electron chi connectivity index (χ0n) is 18.0. The largest absolute Gasteiger partial charge is 0.487 e. The Morgan fingerprint density at radius 1 is 1.17 bits per heavy atom. The van der Waals surface area contributed by atoms with Gasteiger partial charge in [-0.15, -0.1) is 0 Å². The van der Waals surface area contributed by atoms with E-state index < -0.39 is 0 Å². The minimum absolute atomic E-state index is 0.00953. The van der Waals surface area contributed by atoms with Gasteiger partial charge in [0, 0.05) is 35.0 Å². The van der Waals surface area contributed by atoms with Crippen LogP contribution in [0.3, 0.4) is 0 Å². The smallest absolute Gasteiger partial charge is 0.220 e. The molecule has 1 amide bonds. The van der Waals surface area contributed by atoms with Gasteiger partial charge in [-0.3, -0.25) is 9.59 Å². The Morgan fingerprint density at radius 3 is 2.73 bits per heavy atom. The Balaban J connectivity index is 1.52. The van der Waals surface area contributed by atoms with Crippen LogP contribution in [0.2, 0.25) is 0 Å². The van der Waals surface area contributed by atoms with E-state index in [1.165, 1.54) is 0 Å². The standard InChI is InChI=1S/C25H28N2O3/c1-15-8-7-10-19-23(15)26-16(2)17(24(19)29)12-13-22(28)27-20-14-25(3,4)30-21-11-6-5-9-18(20)21/h5-11,20H,12-14H2,1-4H3,(H,26,29)(H,27,28)/t20-/m0/s1. The summed E-state index contributed by atoms with van der Waals surface area (Å²) in [5, 5.41) is 3.83. The molecule has 2 heterocycles. The van der Waals surface area contributed by atoms with Crippen LogP contribution < -0.4 is 15.5 Å². The van der Waals surface area contributed by atoms with E-state index in [4.69, 9.17) is 4.74 Å². The van der Waals surface area contributed by atoms with E-state index >= 15 is 0 Å². The number of aromatic amines is 1. The maximum absolute atomic E-state index is 13.0. The average molecular weight is 405 g/mol. The van der Waals surface area contributed by atoms with Gasteiger partial charge >= 0.3 is 0 Å². The van der Waals surface area contributed by atoms with Crippen LogP contribution in [0.5, 0.6) is 5.75 Å². The van der Waals surface area contributed by atoms with E-state index in [2.05, 4.69) is 10.3 Å². The van der Waals surface area contributed by atoms with Gasteiger partial charge < -0.3 is 15.0 Å². The van der Waals surface area contributed by atoms with Gasteiger partial charge in [-0.25, -0.2) is 0 Å². The van der Waals surface area contributed by atoms with Crippen LogP contribution in [0.15, 0.2) is 47.3 Å². The normalized spacial score (nSPS) is 17.3. The molecule has 1 aliphatic rings. The van der Waals surface area contributed by atoms with Crippen molar-refractivity contribution < 1.29 is 9.53 Å². The second-order valence-corrected chi connectivity index (χ2v) is 8.78. The monoisotopic (exact) mass is 404 g/mol. The molecule has 1 atom stereocenters. The molecule has 0 fully saturated rings. The summed E-state index contributed by atoms with van der Waals surface area (Å²) >= 11 is 0. The Kier molecular flexibility index (Phi) is 5.14. The Bertz CT molecular complexity index is 1180. The molecule has 2 aromatic carbocycles. The molecule has 1 aliphatic heterocycles. The maximum Gasteiger partial charge on any atom is 0.220 e. The highest BCUT2D eigenvalue weighted by Gasteiger charge is 2.34. The second-order valence-electron chi connectivity index (χ2n) is 8.78. The number of benzene rings is 2. The third-order valence-electron chi connectivity index (χ3n) is 5.87. The predicted molar refractivity (Wildman–Crippen MR) is 119 cm³/mol. The van der Waals surface area contributed by atoms with Crippen molar-refractivity contribution in [2.24, 2.45) is 0 Å². The van der Waals surface area contributed by atoms with E-state index in [1.807, 2.05) is 70.2 Å². The number of hydrogen-bond donors (Lipinski definition) is 2. The fourth-order valence-electron chi connectivity index (χ4n) is 4.36. The number of nitrogens with one attached hydrogen (secondary N) is 2. The van der Waals surface area contributed by atoms with Crippen molar-refractivity contribution in [3.8, 4) is 5.75 Å². The minimum Gasteiger partial charge on any atom is -0.487 e. The van der Waals surface area contributed by atoms with Crippen LogP contribution in [0.1, 0.15) is 55.1 Å². The van der Waals surface area contributed by atoms with Crippen molar-refractivity contribution in [1.82, 2.24) is 10.3 Å². The summed E-state index contributed by atoms with van der Waals surface area (Å²) in [5.41, 5.74) is 4.07. The molecule has 0 spiro atoms. The zero-order chi connectivity index (χ0) is 21.5. The number of para-hydroxylation sites is 2. The molecule has 1 aromatic heterocycles. The summed E-state index contributed by atoms with van der Waals surface area (Å²) in [6.45, 7) is 7.94. The summed E-state index contributed by atoms with van der Waals surface area (Å²) in [7, 11) is 0. The van der Waals surface area contributed by atoms with Crippen molar-refractivity contribution >= 4 is 16.8 Å². The average Bonchev–Trinajstić information content (AvgIpc) is 2.68. The third-order valence-corrected chi connectivity index (χ3v) is 5.87. The Hall–Kier alpha value is -3.08. The third kappa shape index (κ3) is 3.84. The van der Waals surface area contributed by atoms with Crippen LogP contribution in [0.25, 0.3) is 10.9 Å². The second kappa shape index (κ2) is 7.63. The SMILES string of the molecule is Cc1[nH]c2c(C)cccc2c(=O)c1CCC(=O)N[C@H]1CC(C)(C)Oc2ccccc21. The van der Waals surface area contributed by atoms with Gasteiger partial charge in [0.05, 0.1) is 11.6 Å². The first-order valence-corrected chi connectivity index (χ1v) is 10.4. The number of pyridine rings is 1. The van der Waals surface area contributed by atoms with E-state index in [-0.39, 0.29) is 29.4 Å². The molecule has 0 saturated heterocycles. The predicted octanol–water partition coefficient (Wildman–Crippen LogP) is 4.50. The first-order valence-electron chi connectivity index (χ1n) is 10.4. The number of rotatable bonds is 4. The van der Waals surface area contributed by atoms with Crippen LogP contribution in [-0.4, -0.2) is 16.5 Å². The lowest BCUT2D eigenvalue weighted by Gasteiger charge is -2.37. The van der Waals surface area contributed by atoms with Gasteiger partial charge in [-0.1, -0.05) is 30.3 Å². The molecule has 5 nitrogen and oxygen atoms in total. The lowest BCUT2D eigenvalue weighted by Crippen LogP contribution is -2.41. The topological polar surface area (TPSA) is 71.2 Å². The molecule has 3 aromatic rings. The molecule has 0 aliphatic carbocycles. The van der Waals surface area contributed by atoms with Crippen molar-refractivity contribution in [1.29, 1.82) is 0 Å². The van der Waals surface area contributed by atoms with E-state index in [1.54, 1.807) is 0 Å². The molecule has 4 rings (SSSR count). The lowest BCUT2D eigenvalue weighted by molar-refractivity contribution is -0.122. The molecule has 156 valence electrons. The van der Waals surface area contributed by atoms with E-state index in [0.717, 1.165) is 28.1 Å². The summed E-state index contributed by atoms with van der Waals surface area (Å²) in [6.07, 6.45) is 1.37. The molecule has 2 N–H and O–H groups in total. The highest BCUT2D eigenvalue weighted by Crippen LogP contribution is 2.39. The van der Waals surface area contributed by atoms with E-state index in [0.29, 0.717) is 23.8 Å². The molecule has 0 saturated carbocycles. The maximum atomic E-state index is 13.0. The molecule has 0 bridgehead atoms. The summed E-state index contributed by atoms with van der Waals surface area (Å²) in [5.74, 6) is 0.756. The number of aromatic nitrogens is 1. The molecular weight excluding hydrogens is 376 g/mol. The first kappa shape index (κ1) is 20.2. The minimum atomic E-state index is -0.351. The molecule has 5 heteroatoms. The number of amides is 1. The summed E-state index contributed by atoms with van der Waals surface area (Å²) < 4.78 is 6.05. The van der Waals surface area contributed by atoms with Gasteiger partial charge in [0.1, 0.15) is 11.4 Å². The summed E-state index contributed by atoms with van der Waals surface area (Å²) in [4.78, 5) is 29.1. The number of hydrogen-bond acceptors (Lipinski definition) is 3. The van der Waals surface area contributed by atoms with Crippen molar-refractivity contribution in [2.75, 3.05) is 0 Å². The number of H-pyrrole nitrogens is 1. The molecule has 0 unspecified atom stereocenters. The number of ether oxygens (including phenoxy) is 1. The number of aryl methyl sites for hydroxylation is 2. The van der Waals surface area contributed by atoms with Crippen molar-refractivity contribution in [3.05, 3.63) is 75.1 Å². The quantitative estimate of drug-likeness (QED) is 0.673. The number of carbonyl (C=O) groups is 1. The molecular formula is C25H28N2O3. The van der Waals surface area contributed by atoms with Gasteiger partial charge in [-0.05, 0) is 51.8 Å². The zero-order valence-corrected chi connectivity index (χ0v) is 18.0. The van der Waals surface area contributed by atoms with Crippen LogP contribution in [0, 0.1) is 13.8 Å². The molecule has 0 radical (unpaired) electrons. The highest BCUT2D eigenvalue weighted by atomic mass is 16.5. The Labute approximate surface area is 176 Å². The van der Waals surface area contributed by atoms with Gasteiger partial charge in [0.2, 0.25) is 5.91 Å². The van der Waals surface area contributed by atoms with Crippen LogP contribution in [0.4, 0.5) is 0 Å². The summed E-state index contributed by atoms with van der Waals surface area (Å²) in [6, 6.07) is 13.4. The number of carbonyl (C=O) groups excluding carboxylic acids is 1. The lowest BCUT2D eigenvalue weighted by atomic mass is 9.89. The first-order chi connectivity index (χ1) is 14.2. The van der Waals surface area contributed by atoms with Crippen LogP contribution >= 0.6 is 0 Å². The van der Waals surface area contributed by atoms with Crippen molar-refractivity contribution in [3.63, 3.8) is 0 Å². The van der Waals surface area contributed by atoms with Crippen LogP contribution in [-0.2, 0) is 11.2 Å². The van der Waals surface area contributed by atoms with Gasteiger partial charge in [0.15, 0.2) is 5.43 Å². The van der Waals surface area contributed by atoms with E-state index in [9.17, 15) is 9.59 Å². The highest BCUT2D eigenvalue weighted by molar-refractivity contribution is 5.83. The van der Waals surface area contributed by atoms with Gasteiger partial charge in [-0.2, -0.15) is 0 Å². The Morgan fingerprint density at radius 2 is 1.93 bits per heavy atom. The number of fused-ring (bicyclic) bond motifs is 2.